The summed E-state index contributed by atoms with van der Waals surface area (Å²) in [7, 11) is 0. The predicted molar refractivity (Wildman–Crippen MR) is 131 cm³/mol. The molecule has 1 fully saturated rings. The van der Waals surface area contributed by atoms with Crippen molar-refractivity contribution in [3.05, 3.63) is 77.3 Å². The molecule has 2 amide bonds. The lowest BCUT2D eigenvalue weighted by Gasteiger charge is -2.40. The Morgan fingerprint density at radius 3 is 2.22 bits per heavy atom. The summed E-state index contributed by atoms with van der Waals surface area (Å²) in [5.74, 6) is -0.203. The number of imidazole rings is 1. The van der Waals surface area contributed by atoms with Crippen molar-refractivity contribution in [2.75, 3.05) is 16.8 Å². The van der Waals surface area contributed by atoms with Crippen molar-refractivity contribution in [3.63, 3.8) is 0 Å². The number of fused-ring (bicyclic) bond motifs is 1. The Morgan fingerprint density at radius 1 is 1.00 bits per heavy atom. The van der Waals surface area contributed by atoms with Gasteiger partial charge in [-0.15, -0.1) is 0 Å². The van der Waals surface area contributed by atoms with Crippen LogP contribution in [0.4, 0.5) is 22.1 Å². The molecule has 1 saturated heterocycles. The molecule has 6 N–H and O–H groups in total. The number of para-hydroxylation sites is 2. The second kappa shape index (κ2) is 10.1. The fourth-order valence-electron chi connectivity index (χ4n) is 4.18. The fraction of sp³-hybridized carbons (Fsp3) is 0.250. The summed E-state index contributed by atoms with van der Waals surface area (Å²) in [4.78, 5) is 38.3. The van der Waals surface area contributed by atoms with E-state index in [4.69, 9.17) is 4.74 Å². The van der Waals surface area contributed by atoms with Crippen LogP contribution in [-0.4, -0.2) is 77.0 Å². The maximum Gasteiger partial charge on any atom is 0.333 e. The molecule has 0 aliphatic carbocycles. The lowest BCUT2D eigenvalue weighted by atomic mass is 9.98. The highest BCUT2D eigenvalue weighted by atomic mass is 16.6. The molecular formula is C24H24N6O7. The van der Waals surface area contributed by atoms with E-state index in [0.29, 0.717) is 11.4 Å². The number of aliphatic hydroxyl groups is 4. The van der Waals surface area contributed by atoms with E-state index in [-0.39, 0.29) is 17.1 Å². The number of carbonyl (C=O) groups is 1. The maximum absolute atomic E-state index is 13.4. The number of carbonyl (C=O) groups excluding carboxylic acids is 1. The lowest BCUT2D eigenvalue weighted by Crippen LogP contribution is -2.56. The number of urea groups is 1. The molecule has 2 aromatic heterocycles. The van der Waals surface area contributed by atoms with Crippen molar-refractivity contribution in [3.8, 4) is 0 Å². The van der Waals surface area contributed by atoms with E-state index in [0.717, 1.165) is 0 Å². The first kappa shape index (κ1) is 24.5. The highest BCUT2D eigenvalue weighted by molar-refractivity contribution is 6.06. The molecule has 3 heterocycles. The van der Waals surface area contributed by atoms with Crippen molar-refractivity contribution in [1.29, 1.82) is 0 Å². The van der Waals surface area contributed by atoms with E-state index in [1.807, 2.05) is 12.1 Å². The standard InChI is InChI=1S/C24H24N6O7/c31-11-15-17(32)18(33)19(34)22(37-15)29-12-25-16-20(29)26-23(27-21(16)35)28-24(36)30(13-7-3-1-4-8-13)14-9-5-2-6-10-14/h1-10,12,15,17-19,22,31-34H,11H2,(H2,26,27,28,35,36)/t15-,17+,18+,19-,22-/m1/s1. The van der Waals surface area contributed by atoms with Crippen LogP contribution in [0.5, 0.6) is 0 Å². The molecular weight excluding hydrogens is 484 g/mol. The van der Waals surface area contributed by atoms with E-state index in [1.54, 1.807) is 48.5 Å². The number of aromatic nitrogens is 4. The Kier molecular flexibility index (Phi) is 6.69. The van der Waals surface area contributed by atoms with Crippen LogP contribution in [0.1, 0.15) is 6.23 Å². The Labute approximate surface area is 209 Å². The molecule has 1 aliphatic heterocycles. The molecule has 1 aliphatic rings. The highest BCUT2D eigenvalue weighted by Gasteiger charge is 2.44. The van der Waals surface area contributed by atoms with Gasteiger partial charge in [0, 0.05) is 0 Å². The van der Waals surface area contributed by atoms with Gasteiger partial charge in [-0.25, -0.2) is 9.78 Å². The minimum Gasteiger partial charge on any atom is -0.394 e. The first-order valence-electron chi connectivity index (χ1n) is 11.4. The fourth-order valence-corrected chi connectivity index (χ4v) is 4.18. The molecule has 0 unspecified atom stereocenters. The third kappa shape index (κ3) is 4.57. The van der Waals surface area contributed by atoms with Crippen molar-refractivity contribution < 1.29 is 30.0 Å². The minimum absolute atomic E-state index is 0.0608. The van der Waals surface area contributed by atoms with Crippen LogP contribution >= 0.6 is 0 Å². The molecule has 13 heteroatoms. The number of hydrogen-bond donors (Lipinski definition) is 6. The molecule has 5 atom stereocenters. The molecule has 37 heavy (non-hydrogen) atoms. The molecule has 13 nitrogen and oxygen atoms in total. The lowest BCUT2D eigenvalue weighted by molar-refractivity contribution is -0.250. The Balaban J connectivity index is 1.50. The number of amides is 2. The maximum atomic E-state index is 13.4. The summed E-state index contributed by atoms with van der Waals surface area (Å²) in [6.07, 6.45) is -6.15. The third-order valence-corrected chi connectivity index (χ3v) is 6.03. The van der Waals surface area contributed by atoms with Gasteiger partial charge in [0.25, 0.3) is 5.56 Å². The molecule has 4 aromatic rings. The van der Waals surface area contributed by atoms with Gasteiger partial charge in [-0.05, 0) is 24.3 Å². The van der Waals surface area contributed by atoms with Crippen LogP contribution < -0.4 is 15.8 Å². The molecule has 2 aromatic carbocycles. The number of aromatic amines is 1. The average Bonchev–Trinajstić information content (AvgIpc) is 3.33. The van der Waals surface area contributed by atoms with Gasteiger partial charge in [0.05, 0.1) is 24.3 Å². The van der Waals surface area contributed by atoms with Gasteiger partial charge in [-0.2, -0.15) is 4.98 Å². The second-order valence-electron chi connectivity index (χ2n) is 8.39. The van der Waals surface area contributed by atoms with Gasteiger partial charge in [-0.3, -0.25) is 24.6 Å². The van der Waals surface area contributed by atoms with Gasteiger partial charge in [-0.1, -0.05) is 36.4 Å². The first-order valence-corrected chi connectivity index (χ1v) is 11.4. The van der Waals surface area contributed by atoms with Crippen LogP contribution in [-0.2, 0) is 4.74 Å². The first-order chi connectivity index (χ1) is 17.9. The number of rotatable bonds is 5. The van der Waals surface area contributed by atoms with Crippen LogP contribution in [0, 0.1) is 0 Å². The predicted octanol–water partition coefficient (Wildman–Crippen LogP) is 0.462. The average molecular weight is 508 g/mol. The van der Waals surface area contributed by atoms with E-state index in [9.17, 15) is 30.0 Å². The number of H-pyrrole nitrogens is 1. The molecule has 192 valence electrons. The minimum atomic E-state index is -1.64. The zero-order chi connectivity index (χ0) is 26.1. The van der Waals surface area contributed by atoms with Gasteiger partial charge >= 0.3 is 6.03 Å². The number of nitrogens with zero attached hydrogens (tertiary/aromatic N) is 4. The Bertz CT molecular complexity index is 1400. The summed E-state index contributed by atoms with van der Waals surface area (Å²) < 4.78 is 6.75. The smallest absolute Gasteiger partial charge is 0.333 e. The monoisotopic (exact) mass is 508 g/mol. The molecule has 5 rings (SSSR count). The van der Waals surface area contributed by atoms with E-state index >= 15 is 0 Å². The number of hydrogen-bond acceptors (Lipinski definition) is 9. The highest BCUT2D eigenvalue weighted by Crippen LogP contribution is 2.30. The van der Waals surface area contributed by atoms with Gasteiger partial charge < -0.3 is 25.2 Å². The van der Waals surface area contributed by atoms with E-state index in [1.165, 1.54) is 15.8 Å². The van der Waals surface area contributed by atoms with Gasteiger partial charge in [0.15, 0.2) is 17.4 Å². The number of nitrogens with one attached hydrogen (secondary N) is 2. The molecule has 0 saturated carbocycles. The SMILES string of the molecule is O=C(Nc1nc2c(ncn2[C@@H]2O[C@H](CO)[C@H](O)[C@H](O)[C@H]2O)c(=O)[nH]1)N(c1ccccc1)c1ccccc1. The molecule has 0 radical (unpaired) electrons. The third-order valence-electron chi connectivity index (χ3n) is 6.03. The second-order valence-corrected chi connectivity index (χ2v) is 8.39. The van der Waals surface area contributed by atoms with Gasteiger partial charge in [0.1, 0.15) is 24.4 Å². The Morgan fingerprint density at radius 2 is 1.62 bits per heavy atom. The van der Waals surface area contributed by atoms with Crippen molar-refractivity contribution in [1.82, 2.24) is 19.5 Å². The largest absolute Gasteiger partial charge is 0.394 e. The zero-order valence-corrected chi connectivity index (χ0v) is 19.2. The van der Waals surface area contributed by atoms with Crippen LogP contribution in [0.25, 0.3) is 11.2 Å². The van der Waals surface area contributed by atoms with Crippen LogP contribution in [0.2, 0.25) is 0 Å². The summed E-state index contributed by atoms with van der Waals surface area (Å²) in [5, 5.41) is 42.8. The topological polar surface area (TPSA) is 186 Å². The zero-order valence-electron chi connectivity index (χ0n) is 19.2. The van der Waals surface area contributed by atoms with Crippen LogP contribution in [0.15, 0.2) is 71.8 Å². The van der Waals surface area contributed by atoms with Crippen molar-refractivity contribution >= 4 is 34.5 Å². The number of aliphatic hydroxyl groups excluding tert-OH is 4. The van der Waals surface area contributed by atoms with Crippen molar-refractivity contribution in [2.24, 2.45) is 0 Å². The normalized spacial score (nSPS) is 23.6. The van der Waals surface area contributed by atoms with E-state index in [2.05, 4.69) is 20.3 Å². The number of benzene rings is 2. The van der Waals surface area contributed by atoms with Crippen molar-refractivity contribution in [2.45, 2.75) is 30.6 Å². The quantitative estimate of drug-likeness (QED) is 0.223. The molecule has 0 spiro atoms. The summed E-state index contributed by atoms with van der Waals surface area (Å²) in [5.41, 5.74) is 0.295. The summed E-state index contributed by atoms with van der Waals surface area (Å²) in [6, 6.07) is 17.1. The summed E-state index contributed by atoms with van der Waals surface area (Å²) in [6.45, 7) is -0.627. The number of ether oxygens (including phenoxy) is 1. The number of anilines is 3. The summed E-state index contributed by atoms with van der Waals surface area (Å²) >= 11 is 0. The van der Waals surface area contributed by atoms with Gasteiger partial charge in [0.2, 0.25) is 5.95 Å². The molecule has 0 bridgehead atoms. The van der Waals surface area contributed by atoms with Crippen LogP contribution in [0.3, 0.4) is 0 Å². The Hall–Kier alpha value is -4.14. The van der Waals surface area contributed by atoms with E-state index < -0.39 is 48.8 Å².